The van der Waals surface area contributed by atoms with Crippen molar-refractivity contribution < 1.29 is 0 Å². The summed E-state index contributed by atoms with van der Waals surface area (Å²) in [5.41, 5.74) is 1.31. The van der Waals surface area contributed by atoms with Crippen molar-refractivity contribution in [2.75, 3.05) is 31.1 Å². The van der Waals surface area contributed by atoms with Crippen LogP contribution in [-0.2, 0) is 6.54 Å². The highest BCUT2D eigenvalue weighted by atomic mass is 127. The SMILES string of the molecule is CCNC(=NCCCCn1ccnc1C)NC1CCCN(c2ccccc2)C1.I. The monoisotopic (exact) mass is 510 g/mol. The highest BCUT2D eigenvalue weighted by molar-refractivity contribution is 14.0. The first kappa shape index (κ1) is 23.5. The third kappa shape index (κ3) is 7.53. The molecule has 2 N–H and O–H groups in total. The molecule has 6 nitrogen and oxygen atoms in total. The molecule has 0 spiro atoms. The van der Waals surface area contributed by atoms with E-state index in [1.807, 2.05) is 19.3 Å². The van der Waals surface area contributed by atoms with Crippen molar-refractivity contribution >= 4 is 35.6 Å². The lowest BCUT2D eigenvalue weighted by molar-refractivity contribution is 0.468. The van der Waals surface area contributed by atoms with E-state index in [1.54, 1.807) is 0 Å². The van der Waals surface area contributed by atoms with Gasteiger partial charge in [-0.25, -0.2) is 4.98 Å². The number of benzene rings is 1. The summed E-state index contributed by atoms with van der Waals surface area (Å²) in [7, 11) is 0. The largest absolute Gasteiger partial charge is 0.369 e. The molecular formula is C22H35IN6. The number of unbranched alkanes of at least 4 members (excludes halogenated alkanes) is 1. The third-order valence-electron chi connectivity index (χ3n) is 5.23. The smallest absolute Gasteiger partial charge is 0.191 e. The maximum absolute atomic E-state index is 4.80. The predicted molar refractivity (Wildman–Crippen MR) is 132 cm³/mol. The molecule has 1 aromatic carbocycles. The van der Waals surface area contributed by atoms with E-state index >= 15 is 0 Å². The number of rotatable bonds is 8. The first-order valence-electron chi connectivity index (χ1n) is 10.6. The van der Waals surface area contributed by atoms with Gasteiger partial charge in [0.2, 0.25) is 0 Å². The quantitative estimate of drug-likeness (QED) is 0.246. The number of para-hydroxylation sites is 1. The Morgan fingerprint density at radius 1 is 1.24 bits per heavy atom. The molecule has 7 heteroatoms. The van der Waals surface area contributed by atoms with Crippen LogP contribution in [0.1, 0.15) is 38.4 Å². The molecule has 0 saturated carbocycles. The van der Waals surface area contributed by atoms with Gasteiger partial charge in [-0.05, 0) is 51.7 Å². The predicted octanol–water partition coefficient (Wildman–Crippen LogP) is 3.81. The normalized spacial score (nSPS) is 17.0. The molecule has 1 saturated heterocycles. The number of aryl methyl sites for hydroxylation is 2. The summed E-state index contributed by atoms with van der Waals surface area (Å²) in [6, 6.07) is 11.1. The van der Waals surface area contributed by atoms with Crippen LogP contribution >= 0.6 is 24.0 Å². The van der Waals surface area contributed by atoms with Crippen LogP contribution in [0.5, 0.6) is 0 Å². The number of nitrogens with zero attached hydrogens (tertiary/aromatic N) is 4. The summed E-state index contributed by atoms with van der Waals surface area (Å²) < 4.78 is 2.20. The molecule has 0 aliphatic carbocycles. The van der Waals surface area contributed by atoms with Gasteiger partial charge in [-0.2, -0.15) is 0 Å². The first-order chi connectivity index (χ1) is 13.8. The van der Waals surface area contributed by atoms with E-state index in [9.17, 15) is 0 Å². The van der Waals surface area contributed by atoms with Gasteiger partial charge in [-0.1, -0.05) is 18.2 Å². The Morgan fingerprint density at radius 3 is 2.79 bits per heavy atom. The van der Waals surface area contributed by atoms with Gasteiger partial charge < -0.3 is 20.1 Å². The fourth-order valence-electron chi connectivity index (χ4n) is 3.71. The number of imidazole rings is 1. The Hall–Kier alpha value is -1.77. The lowest BCUT2D eigenvalue weighted by Crippen LogP contribution is -2.51. The zero-order valence-corrected chi connectivity index (χ0v) is 20.0. The van der Waals surface area contributed by atoms with Crippen molar-refractivity contribution in [1.29, 1.82) is 0 Å². The van der Waals surface area contributed by atoms with Crippen LogP contribution in [0.15, 0.2) is 47.7 Å². The standard InChI is InChI=1S/C22H34N6.HI/c1-3-23-22(25-13-7-8-15-27-17-14-24-19(27)2)26-20-10-9-16-28(18-20)21-11-5-4-6-12-21;/h4-6,11-12,14,17,20H,3,7-10,13,15-16,18H2,1-2H3,(H2,23,25,26);1H. The number of aromatic nitrogens is 2. The van der Waals surface area contributed by atoms with Crippen LogP contribution in [0.4, 0.5) is 5.69 Å². The molecule has 0 radical (unpaired) electrons. The summed E-state index contributed by atoms with van der Waals surface area (Å²) in [6.45, 7) is 9.07. The fraction of sp³-hybridized carbons (Fsp3) is 0.545. The van der Waals surface area contributed by atoms with Crippen molar-refractivity contribution in [2.24, 2.45) is 4.99 Å². The summed E-state index contributed by atoms with van der Waals surface area (Å²) >= 11 is 0. The Balaban J connectivity index is 0.00000300. The molecule has 0 bridgehead atoms. The molecule has 1 aliphatic heterocycles. The molecule has 2 aromatic rings. The van der Waals surface area contributed by atoms with Crippen molar-refractivity contribution in [1.82, 2.24) is 20.2 Å². The highest BCUT2D eigenvalue weighted by Gasteiger charge is 2.20. The van der Waals surface area contributed by atoms with E-state index in [4.69, 9.17) is 4.99 Å². The van der Waals surface area contributed by atoms with Crippen LogP contribution in [-0.4, -0.2) is 47.7 Å². The second-order valence-corrected chi connectivity index (χ2v) is 7.40. The second kappa shape index (κ2) is 12.7. The van der Waals surface area contributed by atoms with Crippen molar-refractivity contribution in [3.05, 3.63) is 48.5 Å². The molecule has 1 fully saturated rings. The molecule has 160 valence electrons. The molecule has 1 aromatic heterocycles. The van der Waals surface area contributed by atoms with Crippen LogP contribution in [0.25, 0.3) is 0 Å². The minimum Gasteiger partial charge on any atom is -0.369 e. The topological polar surface area (TPSA) is 57.5 Å². The molecule has 2 heterocycles. The number of aliphatic imine (C=N–C) groups is 1. The lowest BCUT2D eigenvalue weighted by atomic mass is 10.1. The summed E-state index contributed by atoms with van der Waals surface area (Å²) in [5, 5.41) is 7.06. The molecule has 1 aliphatic rings. The van der Waals surface area contributed by atoms with Gasteiger partial charge in [0, 0.05) is 56.8 Å². The van der Waals surface area contributed by atoms with Gasteiger partial charge in [0.25, 0.3) is 0 Å². The van der Waals surface area contributed by atoms with Gasteiger partial charge >= 0.3 is 0 Å². The maximum Gasteiger partial charge on any atom is 0.191 e. The van der Waals surface area contributed by atoms with Crippen LogP contribution in [0, 0.1) is 6.92 Å². The minimum absolute atomic E-state index is 0. The number of anilines is 1. The van der Waals surface area contributed by atoms with Crippen molar-refractivity contribution in [3.63, 3.8) is 0 Å². The van der Waals surface area contributed by atoms with Crippen molar-refractivity contribution in [3.8, 4) is 0 Å². The Labute approximate surface area is 192 Å². The Kier molecular flexibility index (Phi) is 10.3. The number of hydrogen-bond acceptors (Lipinski definition) is 3. The first-order valence-corrected chi connectivity index (χ1v) is 10.6. The molecule has 29 heavy (non-hydrogen) atoms. The molecule has 1 atom stereocenters. The van der Waals surface area contributed by atoms with E-state index in [-0.39, 0.29) is 24.0 Å². The summed E-state index contributed by atoms with van der Waals surface area (Å²) in [5.74, 6) is 2.03. The average molecular weight is 510 g/mol. The van der Waals surface area contributed by atoms with Gasteiger partial charge in [0.1, 0.15) is 5.82 Å². The van der Waals surface area contributed by atoms with Gasteiger partial charge in [-0.3, -0.25) is 4.99 Å². The van der Waals surface area contributed by atoms with Gasteiger partial charge in [0.05, 0.1) is 0 Å². The number of nitrogens with one attached hydrogen (secondary N) is 2. The third-order valence-corrected chi connectivity index (χ3v) is 5.23. The molecule has 1 unspecified atom stereocenters. The fourth-order valence-corrected chi connectivity index (χ4v) is 3.71. The van der Waals surface area contributed by atoms with Crippen LogP contribution in [0.2, 0.25) is 0 Å². The van der Waals surface area contributed by atoms with E-state index in [0.717, 1.165) is 57.3 Å². The van der Waals surface area contributed by atoms with Crippen LogP contribution < -0.4 is 15.5 Å². The lowest BCUT2D eigenvalue weighted by Gasteiger charge is -2.35. The van der Waals surface area contributed by atoms with Crippen LogP contribution in [0.3, 0.4) is 0 Å². The Bertz CT molecular complexity index is 730. The van der Waals surface area contributed by atoms with Gasteiger partial charge in [-0.15, -0.1) is 24.0 Å². The van der Waals surface area contributed by atoms with E-state index in [1.165, 1.54) is 18.5 Å². The Morgan fingerprint density at radius 2 is 2.07 bits per heavy atom. The van der Waals surface area contributed by atoms with E-state index in [0.29, 0.717) is 6.04 Å². The van der Waals surface area contributed by atoms with E-state index < -0.39 is 0 Å². The van der Waals surface area contributed by atoms with Crippen molar-refractivity contribution in [2.45, 2.75) is 52.1 Å². The zero-order valence-electron chi connectivity index (χ0n) is 17.7. The molecule has 0 amide bonds. The number of guanidine groups is 1. The van der Waals surface area contributed by atoms with E-state index in [2.05, 4.69) is 62.3 Å². The van der Waals surface area contributed by atoms with Gasteiger partial charge in [0.15, 0.2) is 5.96 Å². The summed E-state index contributed by atoms with van der Waals surface area (Å²) in [4.78, 5) is 11.5. The summed E-state index contributed by atoms with van der Waals surface area (Å²) in [6.07, 6.45) is 8.50. The molecular weight excluding hydrogens is 475 g/mol. The number of piperidine rings is 1. The second-order valence-electron chi connectivity index (χ2n) is 7.40. The maximum atomic E-state index is 4.80. The molecule has 3 rings (SSSR count). The number of hydrogen-bond donors (Lipinski definition) is 2. The average Bonchev–Trinajstić information content (AvgIpc) is 3.13. The highest BCUT2D eigenvalue weighted by Crippen LogP contribution is 2.19. The zero-order chi connectivity index (χ0) is 19.6. The minimum atomic E-state index is 0. The number of halogens is 1.